The highest BCUT2D eigenvalue weighted by Gasteiger charge is 2.40. The molecule has 1 amide bonds. The third-order valence-corrected chi connectivity index (χ3v) is 6.09. The van der Waals surface area contributed by atoms with Crippen LogP contribution in [0.5, 0.6) is 0 Å². The second-order valence-electron chi connectivity index (χ2n) is 7.69. The Morgan fingerprint density at radius 2 is 2.00 bits per heavy atom. The number of halogens is 1. The van der Waals surface area contributed by atoms with E-state index in [0.29, 0.717) is 19.3 Å². The lowest BCUT2D eigenvalue weighted by Gasteiger charge is -2.27. The molecule has 6 nitrogen and oxygen atoms in total. The van der Waals surface area contributed by atoms with Crippen LogP contribution in [0.3, 0.4) is 0 Å². The summed E-state index contributed by atoms with van der Waals surface area (Å²) in [5.41, 5.74) is 9.95. The molecule has 29 heavy (non-hydrogen) atoms. The molecule has 158 valence electrons. The van der Waals surface area contributed by atoms with Gasteiger partial charge in [0, 0.05) is 25.6 Å². The Labute approximate surface area is 181 Å². The number of rotatable bonds is 7. The molecule has 1 aliphatic heterocycles. The monoisotopic (exact) mass is 437 g/mol. The average Bonchev–Trinajstić information content (AvgIpc) is 3.35. The molecule has 3 N–H and O–H groups in total. The van der Waals surface area contributed by atoms with Crippen molar-refractivity contribution in [3.05, 3.63) is 41.5 Å². The predicted octanol–water partition coefficient (Wildman–Crippen LogP) is 2.68. The van der Waals surface area contributed by atoms with E-state index in [0.717, 1.165) is 16.0 Å². The molecular weight excluding hydrogens is 410 g/mol. The maximum Gasteiger partial charge on any atom is 0.240 e. The van der Waals surface area contributed by atoms with Gasteiger partial charge in [-0.3, -0.25) is 14.6 Å². The first kappa shape index (κ1) is 23.5. The fourth-order valence-corrected chi connectivity index (χ4v) is 4.10. The smallest absolute Gasteiger partial charge is 0.240 e. The van der Waals surface area contributed by atoms with Crippen LogP contribution in [0, 0.1) is 5.92 Å². The van der Waals surface area contributed by atoms with Gasteiger partial charge in [-0.05, 0) is 23.5 Å². The quantitative estimate of drug-likeness (QED) is 0.694. The fourth-order valence-electron chi connectivity index (χ4n) is 3.47. The average molecular weight is 438 g/mol. The van der Waals surface area contributed by atoms with Crippen molar-refractivity contribution < 1.29 is 14.7 Å². The number of β-amino-alcohol motifs (C(OH)–C–C–N with tert-alkyl or cyclic N) is 1. The Kier molecular flexibility index (Phi) is 8.34. The number of aromatic nitrogens is 1. The first-order valence-corrected chi connectivity index (χ1v) is 10.5. The second kappa shape index (κ2) is 10.3. The lowest BCUT2D eigenvalue weighted by atomic mass is 9.99. The zero-order valence-corrected chi connectivity index (χ0v) is 18.3. The highest BCUT2D eigenvalue weighted by atomic mass is 35.5. The highest BCUT2D eigenvalue weighted by molar-refractivity contribution is 7.13. The number of aliphatic hydroxyl groups is 1. The summed E-state index contributed by atoms with van der Waals surface area (Å²) in [6.07, 6.45) is 2.39. The molecule has 3 rings (SSSR count). The van der Waals surface area contributed by atoms with Gasteiger partial charge in [0.1, 0.15) is 0 Å². The topological polar surface area (TPSA) is 96.5 Å². The van der Waals surface area contributed by atoms with Crippen molar-refractivity contribution in [2.75, 3.05) is 6.54 Å². The zero-order chi connectivity index (χ0) is 20.3. The van der Waals surface area contributed by atoms with Crippen molar-refractivity contribution in [3.8, 4) is 10.4 Å². The van der Waals surface area contributed by atoms with Gasteiger partial charge in [0.2, 0.25) is 5.91 Å². The zero-order valence-electron chi connectivity index (χ0n) is 16.7. The van der Waals surface area contributed by atoms with Crippen molar-refractivity contribution >= 4 is 35.4 Å². The van der Waals surface area contributed by atoms with E-state index in [1.807, 2.05) is 44.3 Å². The number of thiazole rings is 1. The standard InChI is InChI=1S/C21H27N3O3S.ClH/c1-13(2)20(22)21(27)24-11-16(25)9-17(24)18(26)8-5-14-3-6-15(7-4-14)19-10-23-12-28-19;/h3-4,6-7,10,12-13,16-17,20,25H,5,8-9,11,22H2,1-2H3;1H/t16-,17+,20+;/m1./s1. The molecule has 0 saturated carbocycles. The number of carbonyl (C=O) groups excluding carboxylic acids is 2. The number of hydrogen-bond donors (Lipinski definition) is 2. The van der Waals surface area contributed by atoms with Crippen molar-refractivity contribution in [3.63, 3.8) is 0 Å². The van der Waals surface area contributed by atoms with Crippen LogP contribution >= 0.6 is 23.7 Å². The molecule has 1 aliphatic rings. The van der Waals surface area contributed by atoms with Gasteiger partial charge in [0.15, 0.2) is 5.78 Å². The van der Waals surface area contributed by atoms with Crippen LogP contribution in [-0.4, -0.2) is 51.4 Å². The molecule has 1 saturated heterocycles. The van der Waals surface area contributed by atoms with E-state index >= 15 is 0 Å². The van der Waals surface area contributed by atoms with E-state index in [2.05, 4.69) is 4.98 Å². The minimum atomic E-state index is -0.670. The van der Waals surface area contributed by atoms with Gasteiger partial charge in [-0.2, -0.15) is 0 Å². The molecule has 0 unspecified atom stereocenters. The van der Waals surface area contributed by atoms with E-state index in [-0.39, 0.29) is 36.6 Å². The molecule has 1 aromatic carbocycles. The summed E-state index contributed by atoms with van der Waals surface area (Å²) in [7, 11) is 0. The first-order chi connectivity index (χ1) is 13.4. The Morgan fingerprint density at radius 3 is 2.59 bits per heavy atom. The van der Waals surface area contributed by atoms with Crippen LogP contribution in [0.2, 0.25) is 0 Å². The Hall–Kier alpha value is -1.80. The molecule has 3 atom stereocenters. The lowest BCUT2D eigenvalue weighted by molar-refractivity contribution is -0.139. The summed E-state index contributed by atoms with van der Waals surface area (Å²) in [5.74, 6) is -0.288. The summed E-state index contributed by atoms with van der Waals surface area (Å²) in [6.45, 7) is 3.93. The third kappa shape index (κ3) is 5.63. The van der Waals surface area contributed by atoms with Gasteiger partial charge < -0.3 is 15.7 Å². The largest absolute Gasteiger partial charge is 0.391 e. The van der Waals surface area contributed by atoms with Gasteiger partial charge in [0.05, 0.1) is 28.6 Å². The summed E-state index contributed by atoms with van der Waals surface area (Å²) >= 11 is 1.59. The number of carbonyl (C=O) groups is 2. The second-order valence-corrected chi connectivity index (χ2v) is 8.58. The van der Waals surface area contributed by atoms with Gasteiger partial charge in [-0.25, -0.2) is 0 Å². The van der Waals surface area contributed by atoms with Gasteiger partial charge >= 0.3 is 0 Å². The third-order valence-electron chi connectivity index (χ3n) is 5.27. The number of amides is 1. The van der Waals surface area contributed by atoms with Crippen molar-refractivity contribution in [1.29, 1.82) is 0 Å². The molecule has 0 spiro atoms. The molecule has 0 radical (unpaired) electrons. The molecule has 2 heterocycles. The fraction of sp³-hybridized carbons (Fsp3) is 0.476. The minimum Gasteiger partial charge on any atom is -0.391 e. The minimum absolute atomic E-state index is 0. The number of ketones is 1. The van der Waals surface area contributed by atoms with Crippen molar-refractivity contribution in [1.82, 2.24) is 9.88 Å². The number of nitrogens with zero attached hydrogens (tertiary/aromatic N) is 2. The Bertz CT molecular complexity index is 811. The summed E-state index contributed by atoms with van der Waals surface area (Å²) < 4.78 is 0. The number of aryl methyl sites for hydroxylation is 1. The Morgan fingerprint density at radius 1 is 1.31 bits per heavy atom. The summed E-state index contributed by atoms with van der Waals surface area (Å²) in [4.78, 5) is 32.1. The summed E-state index contributed by atoms with van der Waals surface area (Å²) in [5, 5.41) is 10.0. The number of aliphatic hydroxyl groups excluding tert-OH is 1. The van der Waals surface area contributed by atoms with E-state index in [9.17, 15) is 14.7 Å². The van der Waals surface area contributed by atoms with Crippen LogP contribution in [0.4, 0.5) is 0 Å². The van der Waals surface area contributed by atoms with Crippen LogP contribution < -0.4 is 5.73 Å². The molecule has 1 fully saturated rings. The number of nitrogens with two attached hydrogens (primary N) is 1. The SMILES string of the molecule is CC(C)[C@H](N)C(=O)N1C[C@H](O)C[C@H]1C(=O)CCc1ccc(-c2cncs2)cc1.Cl. The number of hydrogen-bond acceptors (Lipinski definition) is 6. The van der Waals surface area contributed by atoms with Crippen molar-refractivity contribution in [2.45, 2.75) is 51.3 Å². The van der Waals surface area contributed by atoms with Gasteiger partial charge in [0.25, 0.3) is 0 Å². The van der Waals surface area contributed by atoms with Crippen LogP contribution in [-0.2, 0) is 16.0 Å². The normalized spacial score (nSPS) is 19.8. The number of likely N-dealkylation sites (tertiary alicyclic amines) is 1. The first-order valence-electron chi connectivity index (χ1n) is 9.61. The maximum absolute atomic E-state index is 12.8. The van der Waals surface area contributed by atoms with E-state index in [1.165, 1.54) is 4.90 Å². The van der Waals surface area contributed by atoms with E-state index in [4.69, 9.17) is 5.73 Å². The molecule has 1 aromatic heterocycles. The predicted molar refractivity (Wildman–Crippen MR) is 117 cm³/mol. The number of benzene rings is 1. The van der Waals surface area contributed by atoms with Crippen molar-refractivity contribution in [2.24, 2.45) is 11.7 Å². The molecular formula is C21H28ClN3O3S. The maximum atomic E-state index is 12.8. The van der Waals surface area contributed by atoms with Crippen LogP contribution in [0.15, 0.2) is 36.0 Å². The molecule has 0 bridgehead atoms. The van der Waals surface area contributed by atoms with Gasteiger partial charge in [-0.15, -0.1) is 23.7 Å². The Balaban J connectivity index is 0.00000300. The van der Waals surface area contributed by atoms with E-state index < -0.39 is 18.2 Å². The molecule has 8 heteroatoms. The van der Waals surface area contributed by atoms with Gasteiger partial charge in [-0.1, -0.05) is 38.1 Å². The molecule has 2 aromatic rings. The van der Waals surface area contributed by atoms with Crippen LogP contribution in [0.1, 0.15) is 32.3 Å². The summed E-state index contributed by atoms with van der Waals surface area (Å²) in [6, 6.07) is 6.87. The highest BCUT2D eigenvalue weighted by Crippen LogP contribution is 2.25. The molecule has 0 aliphatic carbocycles. The van der Waals surface area contributed by atoms with E-state index in [1.54, 1.807) is 16.8 Å². The number of Topliss-reactive ketones (excluding diaryl/α,β-unsaturated/α-hetero) is 1. The lowest BCUT2D eigenvalue weighted by Crippen LogP contribution is -2.50. The van der Waals surface area contributed by atoms with Crippen LogP contribution in [0.25, 0.3) is 10.4 Å².